The van der Waals surface area contributed by atoms with Gasteiger partial charge in [-0.3, -0.25) is 0 Å². The maximum Gasteiger partial charge on any atom is 0.288 e. The van der Waals surface area contributed by atoms with E-state index < -0.39 is 5.92 Å². The van der Waals surface area contributed by atoms with E-state index in [1.807, 2.05) is 13.8 Å². The summed E-state index contributed by atoms with van der Waals surface area (Å²) >= 11 is 0. The van der Waals surface area contributed by atoms with Crippen LogP contribution in [0.4, 0.5) is 8.78 Å². The zero-order valence-corrected chi connectivity index (χ0v) is 11.4. The lowest BCUT2D eigenvalue weighted by Crippen LogP contribution is -2.33. The Balaban J connectivity index is 2.85. The van der Waals surface area contributed by atoms with Crippen molar-refractivity contribution in [2.45, 2.75) is 26.7 Å². The Bertz CT molecular complexity index is 391. The molecule has 0 spiro atoms. The molecule has 1 aromatic carbocycles. The summed E-state index contributed by atoms with van der Waals surface area (Å²) in [5, 5.41) is 2.79. The molecule has 0 aromatic heterocycles. The van der Waals surface area contributed by atoms with Gasteiger partial charge in [0.15, 0.2) is 0 Å². The molecule has 0 radical (unpaired) electrons. The molecule has 1 aromatic rings. The molecule has 1 N–H and O–H groups in total. The van der Waals surface area contributed by atoms with Crippen molar-refractivity contribution in [2.75, 3.05) is 20.2 Å². The second-order valence-corrected chi connectivity index (χ2v) is 4.93. The third kappa shape index (κ3) is 3.95. The first-order valence-electron chi connectivity index (χ1n) is 6.10. The van der Waals surface area contributed by atoms with E-state index in [9.17, 15) is 8.78 Å². The molecular weight excluding hydrogens is 236 g/mol. The highest BCUT2D eigenvalue weighted by atomic mass is 19.3. The molecular formula is C14H21F2NO. The van der Waals surface area contributed by atoms with Gasteiger partial charge in [-0.05, 0) is 31.5 Å². The van der Waals surface area contributed by atoms with Gasteiger partial charge in [0.05, 0.1) is 19.2 Å². The van der Waals surface area contributed by atoms with E-state index in [1.165, 1.54) is 13.2 Å². The number of nitrogens with one attached hydrogen (secondary N) is 1. The molecule has 0 saturated carbocycles. The molecule has 0 aliphatic heterocycles. The second-order valence-electron chi connectivity index (χ2n) is 4.93. The van der Waals surface area contributed by atoms with E-state index in [-0.39, 0.29) is 17.9 Å². The van der Waals surface area contributed by atoms with Crippen LogP contribution in [0.25, 0.3) is 0 Å². The third-order valence-electron chi connectivity index (χ3n) is 2.65. The smallest absolute Gasteiger partial charge is 0.288 e. The van der Waals surface area contributed by atoms with Crippen molar-refractivity contribution in [1.29, 1.82) is 0 Å². The first-order chi connectivity index (χ1) is 8.36. The van der Waals surface area contributed by atoms with Gasteiger partial charge in [0.1, 0.15) is 5.75 Å². The fourth-order valence-corrected chi connectivity index (χ4v) is 1.72. The van der Waals surface area contributed by atoms with Gasteiger partial charge >= 0.3 is 0 Å². The number of ether oxygens (including phenoxy) is 1. The summed E-state index contributed by atoms with van der Waals surface area (Å²) in [6.07, 6.45) is 0. The van der Waals surface area contributed by atoms with Crippen LogP contribution in [0.5, 0.6) is 5.75 Å². The van der Waals surface area contributed by atoms with Crippen molar-refractivity contribution in [1.82, 2.24) is 5.32 Å². The summed E-state index contributed by atoms with van der Waals surface area (Å²) in [5.74, 6) is -2.34. The first-order valence-corrected chi connectivity index (χ1v) is 6.10. The van der Waals surface area contributed by atoms with Gasteiger partial charge in [0.2, 0.25) is 0 Å². The molecule has 0 aliphatic rings. The molecule has 0 unspecified atom stereocenters. The van der Waals surface area contributed by atoms with Gasteiger partial charge in [-0.1, -0.05) is 25.5 Å². The standard InChI is InChI=1S/C14H21F2NO/c1-10(2)8-17-9-14(15,16)12-7-11(3)5-6-13(12)18-4/h5-7,10,17H,8-9H2,1-4H3. The van der Waals surface area contributed by atoms with Crippen molar-refractivity contribution >= 4 is 0 Å². The number of alkyl halides is 2. The van der Waals surface area contributed by atoms with E-state index >= 15 is 0 Å². The molecule has 102 valence electrons. The summed E-state index contributed by atoms with van der Waals surface area (Å²) < 4.78 is 33.2. The average molecular weight is 257 g/mol. The van der Waals surface area contributed by atoms with Crippen LogP contribution in [0, 0.1) is 12.8 Å². The van der Waals surface area contributed by atoms with Gasteiger partial charge in [0, 0.05) is 0 Å². The highest BCUT2D eigenvalue weighted by molar-refractivity contribution is 5.40. The molecule has 0 atom stereocenters. The minimum Gasteiger partial charge on any atom is -0.496 e. The van der Waals surface area contributed by atoms with Gasteiger partial charge < -0.3 is 10.1 Å². The van der Waals surface area contributed by atoms with Crippen molar-refractivity contribution in [3.63, 3.8) is 0 Å². The maximum atomic E-state index is 14.1. The summed E-state index contributed by atoms with van der Waals surface area (Å²) in [6.45, 7) is 5.96. The Morgan fingerprint density at radius 1 is 1.33 bits per heavy atom. The predicted octanol–water partition coefficient (Wildman–Crippen LogP) is 3.34. The monoisotopic (exact) mass is 257 g/mol. The molecule has 2 nitrogen and oxygen atoms in total. The number of hydrogen-bond donors (Lipinski definition) is 1. The van der Waals surface area contributed by atoms with Gasteiger partial charge in [-0.25, -0.2) is 0 Å². The lowest BCUT2D eigenvalue weighted by molar-refractivity contribution is -0.00570. The highest BCUT2D eigenvalue weighted by Gasteiger charge is 2.34. The fourth-order valence-electron chi connectivity index (χ4n) is 1.72. The molecule has 1 rings (SSSR count). The molecule has 0 amide bonds. The van der Waals surface area contributed by atoms with Gasteiger partial charge in [0.25, 0.3) is 5.92 Å². The fraction of sp³-hybridized carbons (Fsp3) is 0.571. The van der Waals surface area contributed by atoms with E-state index in [0.717, 1.165) is 5.56 Å². The number of hydrogen-bond acceptors (Lipinski definition) is 2. The van der Waals surface area contributed by atoms with Gasteiger partial charge in [-0.15, -0.1) is 0 Å². The van der Waals surface area contributed by atoms with E-state index in [0.29, 0.717) is 12.5 Å². The van der Waals surface area contributed by atoms with Crippen LogP contribution in [0.1, 0.15) is 25.0 Å². The lowest BCUT2D eigenvalue weighted by atomic mass is 10.0. The summed E-state index contributed by atoms with van der Waals surface area (Å²) in [4.78, 5) is 0. The van der Waals surface area contributed by atoms with Crippen LogP contribution in [0.2, 0.25) is 0 Å². The molecule has 0 aliphatic carbocycles. The second kappa shape index (κ2) is 6.14. The molecule has 0 heterocycles. The van der Waals surface area contributed by atoms with Crippen LogP contribution >= 0.6 is 0 Å². The topological polar surface area (TPSA) is 21.3 Å². The third-order valence-corrected chi connectivity index (χ3v) is 2.65. The number of rotatable bonds is 6. The highest BCUT2D eigenvalue weighted by Crippen LogP contribution is 2.35. The SMILES string of the molecule is COc1ccc(C)cc1C(F)(F)CNCC(C)C. The number of aryl methyl sites for hydroxylation is 1. The van der Waals surface area contributed by atoms with Gasteiger partial charge in [-0.2, -0.15) is 8.78 Å². The number of methoxy groups -OCH3 is 1. The molecule has 4 heteroatoms. The zero-order valence-electron chi connectivity index (χ0n) is 11.4. The lowest BCUT2D eigenvalue weighted by Gasteiger charge is -2.21. The molecule has 18 heavy (non-hydrogen) atoms. The van der Waals surface area contributed by atoms with Crippen LogP contribution in [-0.4, -0.2) is 20.2 Å². The Morgan fingerprint density at radius 2 is 2.00 bits per heavy atom. The van der Waals surface area contributed by atoms with Crippen LogP contribution in [0.15, 0.2) is 18.2 Å². The number of halogens is 2. The van der Waals surface area contributed by atoms with Crippen LogP contribution in [-0.2, 0) is 5.92 Å². The van der Waals surface area contributed by atoms with E-state index in [4.69, 9.17) is 4.74 Å². The normalized spacial score (nSPS) is 11.9. The predicted molar refractivity (Wildman–Crippen MR) is 69.3 cm³/mol. The average Bonchev–Trinajstić information content (AvgIpc) is 2.28. The molecule has 0 fully saturated rings. The van der Waals surface area contributed by atoms with Crippen molar-refractivity contribution < 1.29 is 13.5 Å². The summed E-state index contributed by atoms with van der Waals surface area (Å²) in [5.41, 5.74) is 0.746. The van der Waals surface area contributed by atoms with E-state index in [1.54, 1.807) is 19.1 Å². The van der Waals surface area contributed by atoms with Crippen molar-refractivity contribution in [3.05, 3.63) is 29.3 Å². The minimum atomic E-state index is -2.92. The van der Waals surface area contributed by atoms with Crippen LogP contribution < -0.4 is 10.1 Å². The molecule has 0 saturated heterocycles. The number of benzene rings is 1. The van der Waals surface area contributed by atoms with Crippen molar-refractivity contribution in [3.8, 4) is 5.75 Å². The Morgan fingerprint density at radius 3 is 2.56 bits per heavy atom. The summed E-state index contributed by atoms with van der Waals surface area (Å²) in [7, 11) is 1.41. The summed E-state index contributed by atoms with van der Waals surface area (Å²) in [6, 6.07) is 4.83. The Kier molecular flexibility index (Phi) is 5.08. The Hall–Kier alpha value is -1.16. The zero-order chi connectivity index (χ0) is 13.8. The van der Waals surface area contributed by atoms with Crippen molar-refractivity contribution in [2.24, 2.45) is 5.92 Å². The minimum absolute atomic E-state index is 0.0544. The quantitative estimate of drug-likeness (QED) is 0.844. The van der Waals surface area contributed by atoms with Crippen LogP contribution in [0.3, 0.4) is 0 Å². The maximum absolute atomic E-state index is 14.1. The first kappa shape index (κ1) is 14.9. The van der Waals surface area contributed by atoms with E-state index in [2.05, 4.69) is 5.32 Å². The molecule has 0 bridgehead atoms. The largest absolute Gasteiger partial charge is 0.496 e. The Labute approximate surface area is 107 Å².